The predicted molar refractivity (Wildman–Crippen MR) is 48.8 cm³/mol. The van der Waals surface area contributed by atoms with Crippen molar-refractivity contribution >= 4 is 17.4 Å². The Hall–Kier alpha value is -0.940. The number of rotatable bonds is 1. The van der Waals surface area contributed by atoms with Gasteiger partial charge in [-0.1, -0.05) is 0 Å². The van der Waals surface area contributed by atoms with Crippen molar-refractivity contribution in [2.75, 3.05) is 26.3 Å². The minimum Gasteiger partial charge on any atom is -0.378 e. The van der Waals surface area contributed by atoms with E-state index in [0.29, 0.717) is 31.2 Å². The maximum absolute atomic E-state index is 11.7. The van der Waals surface area contributed by atoms with Gasteiger partial charge >= 0.3 is 0 Å². The lowest BCUT2D eigenvalue weighted by Crippen LogP contribution is -2.40. The molecule has 0 N–H and O–H groups in total. The van der Waals surface area contributed by atoms with Gasteiger partial charge in [0.2, 0.25) is 0 Å². The molecule has 2 rings (SSSR count). The second-order valence-corrected chi connectivity index (χ2v) is 3.61. The topological polar surface area (TPSA) is 42.4 Å². The highest BCUT2D eigenvalue weighted by atomic mass is 32.1. The third-order valence-corrected chi connectivity index (χ3v) is 2.68. The van der Waals surface area contributed by atoms with Gasteiger partial charge in [0.1, 0.15) is 4.88 Å². The van der Waals surface area contributed by atoms with Crippen molar-refractivity contribution in [1.29, 1.82) is 0 Å². The first-order valence-electron chi connectivity index (χ1n) is 4.15. The fourth-order valence-electron chi connectivity index (χ4n) is 1.25. The van der Waals surface area contributed by atoms with Crippen LogP contribution in [0.1, 0.15) is 9.67 Å². The molecule has 0 aliphatic carbocycles. The molecule has 5 heteroatoms. The molecule has 1 aromatic rings. The van der Waals surface area contributed by atoms with Gasteiger partial charge in [-0.15, -0.1) is 0 Å². The van der Waals surface area contributed by atoms with E-state index in [-0.39, 0.29) is 5.91 Å². The molecular weight excluding hydrogens is 188 g/mol. The summed E-state index contributed by atoms with van der Waals surface area (Å²) in [4.78, 5) is 14.2. The van der Waals surface area contributed by atoms with E-state index in [1.54, 1.807) is 17.2 Å². The van der Waals surface area contributed by atoms with E-state index >= 15 is 0 Å². The normalized spacial score (nSPS) is 17.4. The van der Waals surface area contributed by atoms with E-state index in [9.17, 15) is 4.79 Å². The van der Waals surface area contributed by atoms with Crippen molar-refractivity contribution in [2.24, 2.45) is 0 Å². The molecule has 13 heavy (non-hydrogen) atoms. The predicted octanol–water partition coefficient (Wildman–Crippen LogP) is 0.616. The lowest BCUT2D eigenvalue weighted by Gasteiger charge is -2.26. The Kier molecular flexibility index (Phi) is 2.56. The van der Waals surface area contributed by atoms with Gasteiger partial charge in [0.15, 0.2) is 0 Å². The van der Waals surface area contributed by atoms with Crippen molar-refractivity contribution in [2.45, 2.75) is 0 Å². The maximum atomic E-state index is 11.7. The molecule has 1 aliphatic rings. The highest BCUT2D eigenvalue weighted by molar-refractivity contribution is 7.08. The monoisotopic (exact) mass is 198 g/mol. The fourth-order valence-corrected chi connectivity index (χ4v) is 1.81. The van der Waals surface area contributed by atoms with E-state index in [1.165, 1.54) is 11.5 Å². The van der Waals surface area contributed by atoms with E-state index in [0.717, 1.165) is 0 Å². The van der Waals surface area contributed by atoms with Gasteiger partial charge in [0.05, 0.1) is 13.2 Å². The van der Waals surface area contributed by atoms with Crippen LogP contribution < -0.4 is 0 Å². The molecule has 1 aliphatic heterocycles. The summed E-state index contributed by atoms with van der Waals surface area (Å²) >= 11 is 1.24. The van der Waals surface area contributed by atoms with E-state index in [1.807, 2.05) is 0 Å². The zero-order chi connectivity index (χ0) is 9.10. The average Bonchev–Trinajstić information content (AvgIpc) is 2.71. The van der Waals surface area contributed by atoms with Crippen LogP contribution in [0.5, 0.6) is 0 Å². The molecule has 0 aromatic carbocycles. The van der Waals surface area contributed by atoms with E-state index in [2.05, 4.69) is 4.37 Å². The summed E-state index contributed by atoms with van der Waals surface area (Å²) in [6.45, 7) is 2.67. The number of amides is 1. The third kappa shape index (κ3) is 1.87. The van der Waals surface area contributed by atoms with E-state index in [4.69, 9.17) is 4.74 Å². The van der Waals surface area contributed by atoms with Crippen molar-refractivity contribution in [3.05, 3.63) is 17.1 Å². The number of carbonyl (C=O) groups is 1. The summed E-state index contributed by atoms with van der Waals surface area (Å²) in [6, 6.07) is 1.75. The second-order valence-electron chi connectivity index (χ2n) is 2.78. The summed E-state index contributed by atoms with van der Waals surface area (Å²) in [5.74, 6) is 0.0748. The first kappa shape index (κ1) is 8.65. The van der Waals surface area contributed by atoms with Crippen molar-refractivity contribution in [3.8, 4) is 0 Å². The van der Waals surface area contributed by atoms with Crippen LogP contribution in [-0.2, 0) is 4.74 Å². The highest BCUT2D eigenvalue weighted by Gasteiger charge is 2.19. The van der Waals surface area contributed by atoms with Crippen LogP contribution >= 0.6 is 11.5 Å². The third-order valence-electron chi connectivity index (χ3n) is 1.95. The molecule has 1 fully saturated rings. The smallest absolute Gasteiger partial charge is 0.265 e. The number of aromatic nitrogens is 1. The zero-order valence-electron chi connectivity index (χ0n) is 7.10. The summed E-state index contributed by atoms with van der Waals surface area (Å²) in [5.41, 5.74) is 0. The average molecular weight is 198 g/mol. The van der Waals surface area contributed by atoms with Gasteiger partial charge in [-0.25, -0.2) is 4.37 Å². The first-order valence-corrected chi connectivity index (χ1v) is 4.93. The van der Waals surface area contributed by atoms with Gasteiger partial charge in [0, 0.05) is 19.3 Å². The van der Waals surface area contributed by atoms with Crippen LogP contribution in [0.25, 0.3) is 0 Å². The van der Waals surface area contributed by atoms with Crippen molar-refractivity contribution in [1.82, 2.24) is 9.27 Å². The molecule has 0 spiro atoms. The number of hydrogen-bond donors (Lipinski definition) is 0. The summed E-state index contributed by atoms with van der Waals surface area (Å²) < 4.78 is 9.06. The minimum atomic E-state index is 0.0748. The molecule has 2 heterocycles. The van der Waals surface area contributed by atoms with Gasteiger partial charge < -0.3 is 9.64 Å². The molecule has 0 atom stereocenters. The number of morpholine rings is 1. The molecule has 70 valence electrons. The second kappa shape index (κ2) is 3.85. The lowest BCUT2D eigenvalue weighted by atomic mass is 10.3. The van der Waals surface area contributed by atoms with Crippen LogP contribution in [-0.4, -0.2) is 41.5 Å². The molecule has 0 bridgehead atoms. The SMILES string of the molecule is O=C(c1ccns1)N1CCOCC1. The lowest BCUT2D eigenvalue weighted by molar-refractivity contribution is 0.0306. The largest absolute Gasteiger partial charge is 0.378 e. The Morgan fingerprint density at radius 1 is 1.54 bits per heavy atom. The Bertz CT molecular complexity index is 280. The number of nitrogens with zero attached hydrogens (tertiary/aromatic N) is 2. The molecule has 0 saturated carbocycles. The van der Waals surface area contributed by atoms with Crippen molar-refractivity contribution in [3.63, 3.8) is 0 Å². The molecular formula is C8H10N2O2S. The summed E-state index contributed by atoms with van der Waals surface area (Å²) in [5, 5.41) is 0. The van der Waals surface area contributed by atoms with Gasteiger partial charge in [-0.2, -0.15) is 0 Å². The number of hydrogen-bond acceptors (Lipinski definition) is 4. The van der Waals surface area contributed by atoms with Crippen LogP contribution in [0.3, 0.4) is 0 Å². The molecule has 4 nitrogen and oxygen atoms in total. The van der Waals surface area contributed by atoms with Crippen LogP contribution in [0.2, 0.25) is 0 Å². The summed E-state index contributed by atoms with van der Waals surface area (Å²) in [6.07, 6.45) is 1.65. The van der Waals surface area contributed by atoms with Gasteiger partial charge in [-0.3, -0.25) is 4.79 Å². The van der Waals surface area contributed by atoms with Crippen LogP contribution in [0.4, 0.5) is 0 Å². The molecule has 0 unspecified atom stereocenters. The molecule has 1 aromatic heterocycles. The molecule has 1 saturated heterocycles. The molecule has 1 amide bonds. The Morgan fingerprint density at radius 2 is 2.31 bits per heavy atom. The first-order chi connectivity index (χ1) is 6.38. The summed E-state index contributed by atoms with van der Waals surface area (Å²) in [7, 11) is 0. The van der Waals surface area contributed by atoms with E-state index < -0.39 is 0 Å². The zero-order valence-corrected chi connectivity index (χ0v) is 7.92. The Labute approximate surface area is 80.3 Å². The number of carbonyl (C=O) groups excluding carboxylic acids is 1. The number of ether oxygens (including phenoxy) is 1. The fraction of sp³-hybridized carbons (Fsp3) is 0.500. The van der Waals surface area contributed by atoms with Crippen molar-refractivity contribution < 1.29 is 9.53 Å². The maximum Gasteiger partial charge on any atom is 0.265 e. The standard InChI is InChI=1S/C8H10N2O2S/c11-8(7-1-2-9-13-7)10-3-5-12-6-4-10/h1-2H,3-6H2. The quantitative estimate of drug-likeness (QED) is 0.664. The van der Waals surface area contributed by atoms with Crippen LogP contribution in [0.15, 0.2) is 12.3 Å². The molecule has 0 radical (unpaired) electrons. The Balaban J connectivity index is 2.04. The van der Waals surface area contributed by atoms with Gasteiger partial charge in [-0.05, 0) is 17.6 Å². The Morgan fingerprint density at radius 3 is 2.92 bits per heavy atom. The minimum absolute atomic E-state index is 0.0748. The van der Waals surface area contributed by atoms with Crippen LogP contribution in [0, 0.1) is 0 Å². The van der Waals surface area contributed by atoms with Gasteiger partial charge in [0.25, 0.3) is 5.91 Å². The highest BCUT2D eigenvalue weighted by Crippen LogP contribution is 2.10.